The van der Waals surface area contributed by atoms with Crippen molar-refractivity contribution in [3.63, 3.8) is 0 Å². The number of hydrogen-bond donors (Lipinski definition) is 1. The molecule has 1 fully saturated rings. The molecule has 0 aliphatic carbocycles. The number of pyridine rings is 1. The Morgan fingerprint density at radius 1 is 1.07 bits per heavy atom. The number of nitrogens with zero attached hydrogens (tertiary/aromatic N) is 2. The van der Waals surface area contributed by atoms with E-state index in [1.165, 1.54) is 35.0 Å². The van der Waals surface area contributed by atoms with Gasteiger partial charge in [0.25, 0.3) is 11.5 Å². The van der Waals surface area contributed by atoms with Crippen molar-refractivity contribution < 1.29 is 27.4 Å². The summed E-state index contributed by atoms with van der Waals surface area (Å²) in [5.74, 6) is -0.859. The number of alkyl halides is 3. The Balaban J connectivity index is 1.62. The zero-order valence-electron chi connectivity index (χ0n) is 15.4. The smallest absolute Gasteiger partial charge is 0.406 e. The maximum Gasteiger partial charge on any atom is 0.573 e. The topological polar surface area (TPSA) is 72.8 Å². The average Bonchev–Trinajstić information content (AvgIpc) is 2.68. The first kappa shape index (κ1) is 20.9. The van der Waals surface area contributed by atoms with Crippen molar-refractivity contribution in [3.8, 4) is 5.75 Å². The number of halogens is 3. The van der Waals surface area contributed by atoms with E-state index in [1.807, 2.05) is 0 Å². The van der Waals surface area contributed by atoms with Gasteiger partial charge in [-0.25, -0.2) is 0 Å². The van der Waals surface area contributed by atoms with Crippen LogP contribution in [0, 0.1) is 0 Å². The Labute approximate surface area is 164 Å². The first-order valence-electron chi connectivity index (χ1n) is 8.98. The molecule has 0 saturated carbocycles. The third kappa shape index (κ3) is 6.33. The van der Waals surface area contributed by atoms with E-state index in [-0.39, 0.29) is 16.9 Å². The van der Waals surface area contributed by atoms with Crippen LogP contribution in [0.25, 0.3) is 0 Å². The van der Waals surface area contributed by atoms with Crippen molar-refractivity contribution in [2.75, 3.05) is 38.2 Å². The molecule has 0 radical (unpaired) electrons. The van der Waals surface area contributed by atoms with Crippen molar-refractivity contribution in [2.45, 2.75) is 12.9 Å². The van der Waals surface area contributed by atoms with Crippen LogP contribution in [0.1, 0.15) is 10.4 Å². The second-order valence-corrected chi connectivity index (χ2v) is 6.43. The monoisotopic (exact) mass is 411 g/mol. The number of nitrogens with one attached hydrogen (secondary N) is 1. The van der Waals surface area contributed by atoms with Crippen LogP contribution in [0.5, 0.6) is 5.75 Å². The number of ether oxygens (including phenoxy) is 2. The highest BCUT2D eigenvalue weighted by atomic mass is 19.4. The fourth-order valence-electron chi connectivity index (χ4n) is 2.86. The third-order valence-electron chi connectivity index (χ3n) is 4.35. The van der Waals surface area contributed by atoms with E-state index < -0.39 is 12.3 Å². The Hall–Kier alpha value is -2.85. The molecule has 1 aliphatic rings. The maximum atomic E-state index is 12.4. The molecule has 2 heterocycles. The molecule has 0 bridgehead atoms. The van der Waals surface area contributed by atoms with Crippen LogP contribution in [0.15, 0.2) is 47.4 Å². The van der Waals surface area contributed by atoms with Crippen LogP contribution in [-0.4, -0.2) is 54.6 Å². The lowest BCUT2D eigenvalue weighted by atomic mass is 10.2. The van der Waals surface area contributed by atoms with Crippen LogP contribution in [0.4, 0.5) is 18.9 Å². The highest BCUT2D eigenvalue weighted by Gasteiger charge is 2.31. The molecule has 156 valence electrons. The standard InChI is InChI=1S/C19H20F3N3O4/c20-19(21,22)29-16-4-2-15(3-5-16)23-18(27)14-1-6-17(26)25(13-14)8-7-24-9-11-28-12-10-24/h1-6,13H,7-12H2,(H,23,27). The number of amides is 1. The number of aromatic nitrogens is 1. The summed E-state index contributed by atoms with van der Waals surface area (Å²) in [7, 11) is 0. The Morgan fingerprint density at radius 2 is 1.76 bits per heavy atom. The number of morpholine rings is 1. The second-order valence-electron chi connectivity index (χ2n) is 6.43. The summed E-state index contributed by atoms with van der Waals surface area (Å²) in [6, 6.07) is 7.53. The summed E-state index contributed by atoms with van der Waals surface area (Å²) >= 11 is 0. The van der Waals surface area contributed by atoms with Gasteiger partial charge in [0.15, 0.2) is 0 Å². The van der Waals surface area contributed by atoms with E-state index in [9.17, 15) is 22.8 Å². The van der Waals surface area contributed by atoms with Gasteiger partial charge in [-0.3, -0.25) is 14.5 Å². The zero-order chi connectivity index (χ0) is 20.9. The van der Waals surface area contributed by atoms with Gasteiger partial charge in [-0.15, -0.1) is 13.2 Å². The second kappa shape index (κ2) is 9.10. The molecule has 1 aliphatic heterocycles. The molecule has 10 heteroatoms. The molecule has 0 unspecified atom stereocenters. The average molecular weight is 411 g/mol. The fraction of sp³-hybridized carbons (Fsp3) is 0.368. The number of benzene rings is 1. The van der Waals surface area contributed by atoms with Gasteiger partial charge in [-0.2, -0.15) is 0 Å². The lowest BCUT2D eigenvalue weighted by Crippen LogP contribution is -2.39. The first-order chi connectivity index (χ1) is 13.8. The summed E-state index contributed by atoms with van der Waals surface area (Å²) in [4.78, 5) is 26.7. The molecule has 1 amide bonds. The van der Waals surface area contributed by atoms with Crippen LogP contribution in [0.2, 0.25) is 0 Å². The van der Waals surface area contributed by atoms with E-state index in [0.717, 1.165) is 25.2 Å². The summed E-state index contributed by atoms with van der Waals surface area (Å²) in [5.41, 5.74) is 0.348. The fourth-order valence-corrected chi connectivity index (χ4v) is 2.86. The van der Waals surface area contributed by atoms with Gasteiger partial charge in [0.2, 0.25) is 0 Å². The summed E-state index contributed by atoms with van der Waals surface area (Å²) < 4.78 is 47.1. The molecule has 2 aromatic rings. The van der Waals surface area contributed by atoms with Crippen LogP contribution in [-0.2, 0) is 11.3 Å². The third-order valence-corrected chi connectivity index (χ3v) is 4.35. The number of hydrogen-bond acceptors (Lipinski definition) is 5. The van der Waals surface area contributed by atoms with E-state index in [1.54, 1.807) is 0 Å². The van der Waals surface area contributed by atoms with Crippen molar-refractivity contribution >= 4 is 11.6 Å². The van der Waals surface area contributed by atoms with Gasteiger partial charge in [0.05, 0.1) is 18.8 Å². The Morgan fingerprint density at radius 3 is 2.41 bits per heavy atom. The van der Waals surface area contributed by atoms with Crippen molar-refractivity contribution in [2.24, 2.45) is 0 Å². The SMILES string of the molecule is O=C(Nc1ccc(OC(F)(F)F)cc1)c1ccc(=O)n(CCN2CCOCC2)c1. The number of carbonyl (C=O) groups is 1. The molecule has 1 aromatic carbocycles. The Bertz CT molecular complexity index is 891. The maximum absolute atomic E-state index is 12.4. The number of carbonyl (C=O) groups excluding carboxylic acids is 1. The van der Waals surface area contributed by atoms with Gasteiger partial charge < -0.3 is 19.4 Å². The molecule has 1 N–H and O–H groups in total. The molecule has 3 rings (SSSR count). The predicted octanol–water partition coefficient (Wildman–Crippen LogP) is 2.33. The minimum absolute atomic E-state index is 0.219. The highest BCUT2D eigenvalue weighted by molar-refractivity contribution is 6.04. The van der Waals surface area contributed by atoms with Crippen LogP contribution < -0.4 is 15.6 Å². The first-order valence-corrected chi connectivity index (χ1v) is 8.98. The molecule has 29 heavy (non-hydrogen) atoms. The number of rotatable bonds is 6. The molecular formula is C19H20F3N3O4. The molecular weight excluding hydrogens is 391 g/mol. The van der Waals surface area contributed by atoms with Crippen molar-refractivity contribution in [3.05, 3.63) is 58.5 Å². The summed E-state index contributed by atoms with van der Waals surface area (Å²) in [6.07, 6.45) is -3.31. The molecule has 7 nitrogen and oxygen atoms in total. The summed E-state index contributed by atoms with van der Waals surface area (Å²) in [5, 5.41) is 2.58. The van der Waals surface area contributed by atoms with Gasteiger partial charge in [0.1, 0.15) is 5.75 Å². The normalized spacial score (nSPS) is 15.1. The molecule has 1 aromatic heterocycles. The molecule has 1 saturated heterocycles. The Kier molecular flexibility index (Phi) is 6.55. The van der Waals surface area contributed by atoms with E-state index in [4.69, 9.17) is 4.74 Å². The van der Waals surface area contributed by atoms with Crippen molar-refractivity contribution in [1.29, 1.82) is 0 Å². The van der Waals surface area contributed by atoms with E-state index in [0.29, 0.717) is 32.0 Å². The number of anilines is 1. The zero-order valence-corrected chi connectivity index (χ0v) is 15.4. The minimum atomic E-state index is -4.78. The van der Waals surface area contributed by atoms with Crippen LogP contribution >= 0.6 is 0 Å². The van der Waals surface area contributed by atoms with Crippen molar-refractivity contribution in [1.82, 2.24) is 9.47 Å². The van der Waals surface area contributed by atoms with Gasteiger partial charge in [-0.1, -0.05) is 0 Å². The van der Waals surface area contributed by atoms with Crippen LogP contribution in [0.3, 0.4) is 0 Å². The largest absolute Gasteiger partial charge is 0.573 e. The predicted molar refractivity (Wildman–Crippen MR) is 99.0 cm³/mol. The minimum Gasteiger partial charge on any atom is -0.406 e. The van der Waals surface area contributed by atoms with Gasteiger partial charge >= 0.3 is 6.36 Å². The van der Waals surface area contributed by atoms with E-state index >= 15 is 0 Å². The lowest BCUT2D eigenvalue weighted by Gasteiger charge is -2.26. The van der Waals surface area contributed by atoms with E-state index in [2.05, 4.69) is 15.0 Å². The molecule has 0 atom stereocenters. The lowest BCUT2D eigenvalue weighted by molar-refractivity contribution is -0.274. The van der Waals surface area contributed by atoms with Gasteiger partial charge in [0, 0.05) is 44.1 Å². The summed E-state index contributed by atoms with van der Waals surface area (Å²) in [6.45, 7) is 4.00. The molecule has 0 spiro atoms. The van der Waals surface area contributed by atoms with Gasteiger partial charge in [-0.05, 0) is 30.3 Å². The quantitative estimate of drug-likeness (QED) is 0.790. The highest BCUT2D eigenvalue weighted by Crippen LogP contribution is 2.24.